The Labute approximate surface area is 129 Å². The van der Waals surface area contributed by atoms with Gasteiger partial charge in [-0.1, -0.05) is 12.1 Å². The summed E-state index contributed by atoms with van der Waals surface area (Å²) in [4.78, 5) is 22.7. The van der Waals surface area contributed by atoms with Crippen molar-refractivity contribution in [1.82, 2.24) is 14.9 Å². The monoisotopic (exact) mass is 320 g/mol. The van der Waals surface area contributed by atoms with E-state index in [1.54, 1.807) is 18.2 Å². The number of carboxylic acid groups (broad SMARTS) is 1. The zero-order valence-electron chi connectivity index (χ0n) is 11.3. The van der Waals surface area contributed by atoms with Crippen LogP contribution in [0.25, 0.3) is 0 Å². The molecule has 1 aromatic carbocycles. The lowest BCUT2D eigenvalue weighted by Gasteiger charge is -2.02. The van der Waals surface area contributed by atoms with Gasteiger partial charge in [-0.3, -0.25) is 14.7 Å². The highest BCUT2D eigenvalue weighted by Gasteiger charge is 2.09. The molecule has 22 heavy (non-hydrogen) atoms. The van der Waals surface area contributed by atoms with Gasteiger partial charge in [0.25, 0.3) is 5.56 Å². The van der Waals surface area contributed by atoms with Gasteiger partial charge in [-0.25, -0.2) is 0 Å². The molecule has 3 N–H and O–H groups in total. The zero-order chi connectivity index (χ0) is 16.1. The fourth-order valence-electron chi connectivity index (χ4n) is 1.63. The van der Waals surface area contributed by atoms with E-state index in [4.69, 9.17) is 17.3 Å². The number of carbonyl (C=O) groups is 1. The number of nitrogens with one attached hydrogen (secondary N) is 1. The quantitative estimate of drug-likeness (QED) is 0.556. The molecular weight excluding hydrogens is 308 g/mol. The van der Waals surface area contributed by atoms with Gasteiger partial charge < -0.3 is 10.2 Å². The third kappa shape index (κ3) is 3.64. The standard InChI is InChI=1S/C13H12N4O4S/c18-10-4-2-1-3-8(10)7-14-17-12(21)9(5-6-11(19)20)15-16-13(17)22/h1-4,7,18H,5-6H2,(H,16,22)(H,19,20)/b14-7-. The Kier molecular flexibility index (Phi) is 4.79. The molecule has 1 heterocycles. The van der Waals surface area contributed by atoms with Crippen molar-refractivity contribution in [3.05, 3.63) is 50.6 Å². The molecule has 1 aromatic heterocycles. The molecule has 0 saturated heterocycles. The Bertz CT molecular complexity index is 840. The molecule has 0 aliphatic heterocycles. The first-order valence-corrected chi connectivity index (χ1v) is 6.64. The largest absolute Gasteiger partial charge is 0.507 e. The number of phenolic OH excluding ortho intramolecular Hbond substituents is 1. The van der Waals surface area contributed by atoms with Crippen molar-refractivity contribution in [2.24, 2.45) is 5.10 Å². The zero-order valence-corrected chi connectivity index (χ0v) is 12.1. The van der Waals surface area contributed by atoms with Crippen molar-refractivity contribution in [2.75, 3.05) is 0 Å². The van der Waals surface area contributed by atoms with Crippen LogP contribution in [-0.4, -0.2) is 37.3 Å². The summed E-state index contributed by atoms with van der Waals surface area (Å²) < 4.78 is 0.863. The molecule has 0 unspecified atom stereocenters. The van der Waals surface area contributed by atoms with E-state index in [1.807, 2.05) is 0 Å². The molecule has 2 rings (SSSR count). The predicted octanol–water partition coefficient (Wildman–Crippen LogP) is 0.906. The Hall–Kier alpha value is -2.81. The van der Waals surface area contributed by atoms with Gasteiger partial charge in [0.05, 0.1) is 12.6 Å². The first-order valence-electron chi connectivity index (χ1n) is 6.24. The van der Waals surface area contributed by atoms with Crippen molar-refractivity contribution >= 4 is 24.4 Å². The second kappa shape index (κ2) is 6.76. The molecule has 2 aromatic rings. The van der Waals surface area contributed by atoms with Crippen LogP contribution in [0.15, 0.2) is 34.2 Å². The fourth-order valence-corrected chi connectivity index (χ4v) is 1.81. The first-order chi connectivity index (χ1) is 10.5. The molecule has 0 bridgehead atoms. The van der Waals surface area contributed by atoms with Crippen LogP contribution in [0, 0.1) is 4.77 Å². The molecular formula is C13H12N4O4S. The number of carboxylic acids is 1. The van der Waals surface area contributed by atoms with Gasteiger partial charge in [0, 0.05) is 12.0 Å². The maximum atomic E-state index is 12.2. The Morgan fingerprint density at radius 1 is 1.45 bits per heavy atom. The van der Waals surface area contributed by atoms with Gasteiger partial charge >= 0.3 is 5.97 Å². The van der Waals surface area contributed by atoms with Crippen molar-refractivity contribution in [3.8, 4) is 5.75 Å². The van der Waals surface area contributed by atoms with Crippen LogP contribution in [0.1, 0.15) is 17.7 Å². The number of hydrogen-bond donors (Lipinski definition) is 3. The number of aromatic nitrogens is 3. The molecule has 8 nitrogen and oxygen atoms in total. The van der Waals surface area contributed by atoms with Crippen molar-refractivity contribution < 1.29 is 15.0 Å². The maximum Gasteiger partial charge on any atom is 0.303 e. The van der Waals surface area contributed by atoms with E-state index in [2.05, 4.69) is 15.3 Å². The molecule has 0 radical (unpaired) electrons. The Morgan fingerprint density at radius 2 is 2.18 bits per heavy atom. The molecule has 0 atom stereocenters. The summed E-state index contributed by atoms with van der Waals surface area (Å²) >= 11 is 4.94. The number of aromatic amines is 1. The van der Waals surface area contributed by atoms with E-state index in [-0.39, 0.29) is 29.1 Å². The number of hydrogen-bond acceptors (Lipinski definition) is 6. The minimum Gasteiger partial charge on any atom is -0.507 e. The lowest BCUT2D eigenvalue weighted by atomic mass is 10.2. The molecule has 0 amide bonds. The van der Waals surface area contributed by atoms with Crippen LogP contribution in [0.5, 0.6) is 5.75 Å². The number of para-hydroxylation sites is 1. The number of nitrogens with zero attached hydrogens (tertiary/aromatic N) is 3. The van der Waals surface area contributed by atoms with Gasteiger partial charge in [0.15, 0.2) is 0 Å². The van der Waals surface area contributed by atoms with Crippen LogP contribution in [-0.2, 0) is 11.2 Å². The van der Waals surface area contributed by atoms with Gasteiger partial charge in [0.1, 0.15) is 11.4 Å². The van der Waals surface area contributed by atoms with E-state index in [0.717, 1.165) is 4.68 Å². The first kappa shape index (κ1) is 15.6. The molecule has 0 aliphatic rings. The summed E-state index contributed by atoms with van der Waals surface area (Å²) in [5, 5.41) is 28.4. The van der Waals surface area contributed by atoms with Gasteiger partial charge in [-0.05, 0) is 24.4 Å². The number of benzene rings is 1. The lowest BCUT2D eigenvalue weighted by molar-refractivity contribution is -0.136. The van der Waals surface area contributed by atoms with Gasteiger partial charge in [-0.15, -0.1) is 0 Å². The van der Waals surface area contributed by atoms with Crippen LogP contribution in [0.4, 0.5) is 0 Å². The maximum absolute atomic E-state index is 12.2. The topological polar surface area (TPSA) is 121 Å². The van der Waals surface area contributed by atoms with Crippen LogP contribution < -0.4 is 5.56 Å². The third-order valence-electron chi connectivity index (χ3n) is 2.74. The number of aryl methyl sites for hydroxylation is 1. The third-order valence-corrected chi connectivity index (χ3v) is 3.01. The van der Waals surface area contributed by atoms with Crippen molar-refractivity contribution in [1.29, 1.82) is 0 Å². The number of phenols is 1. The van der Waals surface area contributed by atoms with E-state index >= 15 is 0 Å². The summed E-state index contributed by atoms with van der Waals surface area (Å²) in [7, 11) is 0. The molecule has 0 saturated carbocycles. The Morgan fingerprint density at radius 3 is 2.86 bits per heavy atom. The highest BCUT2D eigenvalue weighted by molar-refractivity contribution is 7.71. The van der Waals surface area contributed by atoms with E-state index < -0.39 is 11.5 Å². The minimum absolute atomic E-state index is 0.00866. The summed E-state index contributed by atoms with van der Waals surface area (Å²) in [6.07, 6.45) is 1.02. The van der Waals surface area contributed by atoms with Crippen molar-refractivity contribution in [3.63, 3.8) is 0 Å². The Balaban J connectivity index is 2.37. The number of aliphatic carboxylic acids is 1. The summed E-state index contributed by atoms with van der Waals surface area (Å²) in [5.74, 6) is -1.03. The molecule has 9 heteroatoms. The smallest absolute Gasteiger partial charge is 0.303 e. The summed E-state index contributed by atoms with van der Waals surface area (Å²) in [6.45, 7) is 0. The van der Waals surface area contributed by atoms with Crippen LogP contribution in [0.2, 0.25) is 0 Å². The van der Waals surface area contributed by atoms with Gasteiger partial charge in [-0.2, -0.15) is 14.9 Å². The molecule has 0 spiro atoms. The van der Waals surface area contributed by atoms with Crippen LogP contribution in [0.3, 0.4) is 0 Å². The SMILES string of the molecule is O=C(O)CCc1n[nH]c(=S)n(/N=C\c2ccccc2O)c1=O. The van der Waals surface area contributed by atoms with E-state index in [0.29, 0.717) is 5.56 Å². The number of H-pyrrole nitrogens is 1. The normalized spacial score (nSPS) is 10.9. The van der Waals surface area contributed by atoms with Gasteiger partial charge in [0.2, 0.25) is 4.77 Å². The molecule has 0 fully saturated rings. The molecule has 0 aliphatic carbocycles. The lowest BCUT2D eigenvalue weighted by Crippen LogP contribution is -2.25. The van der Waals surface area contributed by atoms with Crippen LogP contribution >= 0.6 is 12.2 Å². The minimum atomic E-state index is -1.03. The van der Waals surface area contributed by atoms with Crippen molar-refractivity contribution in [2.45, 2.75) is 12.8 Å². The average Bonchev–Trinajstić information content (AvgIpc) is 2.48. The van der Waals surface area contributed by atoms with E-state index in [1.165, 1.54) is 12.3 Å². The average molecular weight is 320 g/mol. The highest BCUT2D eigenvalue weighted by atomic mass is 32.1. The van der Waals surface area contributed by atoms with E-state index in [9.17, 15) is 14.7 Å². The second-order valence-corrected chi connectivity index (χ2v) is 4.68. The number of rotatable bonds is 5. The number of aromatic hydroxyl groups is 1. The summed E-state index contributed by atoms with van der Waals surface area (Å²) in [5.41, 5.74) is -0.171. The predicted molar refractivity (Wildman–Crippen MR) is 80.7 cm³/mol. The summed E-state index contributed by atoms with van der Waals surface area (Å²) in [6, 6.07) is 6.45. The highest BCUT2D eigenvalue weighted by Crippen LogP contribution is 2.12. The molecule has 114 valence electrons. The fraction of sp³-hybridized carbons (Fsp3) is 0.154. The second-order valence-electron chi connectivity index (χ2n) is 4.29.